The van der Waals surface area contributed by atoms with Crippen molar-refractivity contribution in [1.82, 2.24) is 0 Å². The van der Waals surface area contributed by atoms with Gasteiger partial charge in [-0.3, -0.25) is 0 Å². The van der Waals surface area contributed by atoms with Gasteiger partial charge in [0.15, 0.2) is 11.5 Å². The number of ether oxygens (including phenoxy) is 2. The second kappa shape index (κ2) is 6.07. The standard InChI is InChI=1S/C15H17NO2/c1-17-14-7-2-3-8-15(14)18-13-6-4-5-12(11-13)9-10-16/h2-8,11H,9-10,16H2,1H3. The molecule has 18 heavy (non-hydrogen) atoms. The summed E-state index contributed by atoms with van der Waals surface area (Å²) in [5.74, 6) is 2.23. The predicted molar refractivity (Wildman–Crippen MR) is 72.3 cm³/mol. The van der Waals surface area contributed by atoms with Gasteiger partial charge in [-0.05, 0) is 42.8 Å². The molecule has 2 N–H and O–H groups in total. The van der Waals surface area contributed by atoms with Crippen molar-refractivity contribution < 1.29 is 9.47 Å². The number of hydrogen-bond donors (Lipinski definition) is 1. The average Bonchev–Trinajstić information content (AvgIpc) is 2.40. The molecule has 3 nitrogen and oxygen atoms in total. The van der Waals surface area contributed by atoms with Gasteiger partial charge >= 0.3 is 0 Å². The first kappa shape index (κ1) is 12.5. The Hall–Kier alpha value is -2.00. The SMILES string of the molecule is COc1ccccc1Oc1cccc(CCN)c1. The van der Waals surface area contributed by atoms with Crippen molar-refractivity contribution in [2.75, 3.05) is 13.7 Å². The van der Waals surface area contributed by atoms with E-state index in [4.69, 9.17) is 15.2 Å². The zero-order valence-electron chi connectivity index (χ0n) is 10.4. The van der Waals surface area contributed by atoms with Crippen molar-refractivity contribution >= 4 is 0 Å². The lowest BCUT2D eigenvalue weighted by Crippen LogP contribution is -2.02. The van der Waals surface area contributed by atoms with Crippen LogP contribution in [-0.4, -0.2) is 13.7 Å². The third-order valence-corrected chi connectivity index (χ3v) is 2.63. The van der Waals surface area contributed by atoms with Crippen LogP contribution < -0.4 is 15.2 Å². The van der Waals surface area contributed by atoms with Crippen molar-refractivity contribution in [2.24, 2.45) is 5.73 Å². The van der Waals surface area contributed by atoms with Crippen molar-refractivity contribution in [3.05, 3.63) is 54.1 Å². The molecule has 0 saturated carbocycles. The highest BCUT2D eigenvalue weighted by atomic mass is 16.5. The molecule has 0 heterocycles. The molecule has 2 rings (SSSR count). The van der Waals surface area contributed by atoms with Crippen molar-refractivity contribution in [3.8, 4) is 17.2 Å². The van der Waals surface area contributed by atoms with E-state index in [1.165, 1.54) is 5.56 Å². The first-order chi connectivity index (χ1) is 8.83. The minimum absolute atomic E-state index is 0.637. The molecule has 0 aliphatic heterocycles. The zero-order valence-corrected chi connectivity index (χ0v) is 10.4. The molecule has 94 valence electrons. The first-order valence-electron chi connectivity index (χ1n) is 5.93. The molecule has 0 aliphatic rings. The second-order valence-electron chi connectivity index (χ2n) is 3.94. The Kier molecular flexibility index (Phi) is 4.20. The lowest BCUT2D eigenvalue weighted by molar-refractivity contribution is 0.379. The zero-order chi connectivity index (χ0) is 12.8. The number of nitrogens with two attached hydrogens (primary N) is 1. The van der Waals surface area contributed by atoms with E-state index < -0.39 is 0 Å². The van der Waals surface area contributed by atoms with E-state index in [9.17, 15) is 0 Å². The highest BCUT2D eigenvalue weighted by Crippen LogP contribution is 2.31. The Morgan fingerprint density at radius 1 is 1.00 bits per heavy atom. The molecule has 0 spiro atoms. The Morgan fingerprint density at radius 2 is 1.78 bits per heavy atom. The molecule has 2 aromatic carbocycles. The van der Waals surface area contributed by atoms with Crippen molar-refractivity contribution in [3.63, 3.8) is 0 Å². The molecule has 0 unspecified atom stereocenters. The Balaban J connectivity index is 2.20. The smallest absolute Gasteiger partial charge is 0.169 e. The molecule has 0 aromatic heterocycles. The monoisotopic (exact) mass is 243 g/mol. The maximum Gasteiger partial charge on any atom is 0.169 e. The van der Waals surface area contributed by atoms with E-state index in [-0.39, 0.29) is 0 Å². The Bertz CT molecular complexity index is 511. The maximum atomic E-state index is 5.82. The highest BCUT2D eigenvalue weighted by Gasteiger charge is 2.04. The molecule has 0 atom stereocenters. The highest BCUT2D eigenvalue weighted by molar-refractivity contribution is 5.43. The molecule has 3 heteroatoms. The fourth-order valence-electron chi connectivity index (χ4n) is 1.76. The van der Waals surface area contributed by atoms with Crippen LogP contribution in [0.15, 0.2) is 48.5 Å². The molecule has 0 amide bonds. The van der Waals surface area contributed by atoms with Gasteiger partial charge < -0.3 is 15.2 Å². The lowest BCUT2D eigenvalue weighted by atomic mass is 10.1. The van der Waals surface area contributed by atoms with Gasteiger partial charge in [0.2, 0.25) is 0 Å². The maximum absolute atomic E-state index is 5.82. The first-order valence-corrected chi connectivity index (χ1v) is 5.93. The van der Waals surface area contributed by atoms with Crippen LogP contribution in [0.5, 0.6) is 17.2 Å². The van der Waals surface area contributed by atoms with E-state index in [1.807, 2.05) is 48.5 Å². The Morgan fingerprint density at radius 3 is 2.50 bits per heavy atom. The van der Waals surface area contributed by atoms with E-state index in [0.29, 0.717) is 12.3 Å². The van der Waals surface area contributed by atoms with E-state index >= 15 is 0 Å². The largest absolute Gasteiger partial charge is 0.493 e. The van der Waals surface area contributed by atoms with Gasteiger partial charge in [-0.1, -0.05) is 24.3 Å². The van der Waals surface area contributed by atoms with E-state index in [1.54, 1.807) is 7.11 Å². The van der Waals surface area contributed by atoms with Crippen LogP contribution in [0.4, 0.5) is 0 Å². The normalized spacial score (nSPS) is 10.1. The topological polar surface area (TPSA) is 44.5 Å². The molecular weight excluding hydrogens is 226 g/mol. The second-order valence-corrected chi connectivity index (χ2v) is 3.94. The van der Waals surface area contributed by atoms with Crippen LogP contribution in [0.25, 0.3) is 0 Å². The third kappa shape index (κ3) is 3.02. The van der Waals surface area contributed by atoms with Gasteiger partial charge in [0.25, 0.3) is 0 Å². The van der Waals surface area contributed by atoms with Crippen LogP contribution in [0.1, 0.15) is 5.56 Å². The van der Waals surface area contributed by atoms with Crippen LogP contribution in [0.2, 0.25) is 0 Å². The Labute approximate surface area is 107 Å². The number of methoxy groups -OCH3 is 1. The fourth-order valence-corrected chi connectivity index (χ4v) is 1.76. The van der Waals surface area contributed by atoms with E-state index in [2.05, 4.69) is 0 Å². The van der Waals surface area contributed by atoms with Gasteiger partial charge in [0.05, 0.1) is 7.11 Å². The van der Waals surface area contributed by atoms with Crippen LogP contribution in [0, 0.1) is 0 Å². The van der Waals surface area contributed by atoms with E-state index in [0.717, 1.165) is 17.9 Å². The lowest BCUT2D eigenvalue weighted by Gasteiger charge is -2.10. The summed E-state index contributed by atoms with van der Waals surface area (Å²) in [4.78, 5) is 0. The minimum atomic E-state index is 0.637. The fraction of sp³-hybridized carbons (Fsp3) is 0.200. The summed E-state index contributed by atoms with van der Waals surface area (Å²) in [6.07, 6.45) is 0.850. The molecular formula is C15H17NO2. The quantitative estimate of drug-likeness (QED) is 0.878. The molecule has 0 radical (unpaired) electrons. The number of para-hydroxylation sites is 2. The summed E-state index contributed by atoms with van der Waals surface area (Å²) < 4.78 is 11.1. The van der Waals surface area contributed by atoms with Crippen molar-refractivity contribution in [2.45, 2.75) is 6.42 Å². The molecule has 0 fully saturated rings. The molecule has 0 bridgehead atoms. The average molecular weight is 243 g/mol. The molecule has 0 aliphatic carbocycles. The number of benzene rings is 2. The van der Waals surface area contributed by atoms with Crippen LogP contribution >= 0.6 is 0 Å². The van der Waals surface area contributed by atoms with Gasteiger partial charge in [-0.25, -0.2) is 0 Å². The van der Waals surface area contributed by atoms with Crippen molar-refractivity contribution in [1.29, 1.82) is 0 Å². The summed E-state index contributed by atoms with van der Waals surface area (Å²) in [6, 6.07) is 15.5. The third-order valence-electron chi connectivity index (χ3n) is 2.63. The van der Waals surface area contributed by atoms with Gasteiger partial charge in [0.1, 0.15) is 5.75 Å². The number of hydrogen-bond acceptors (Lipinski definition) is 3. The summed E-state index contributed by atoms with van der Waals surface area (Å²) in [5.41, 5.74) is 6.72. The molecule has 2 aromatic rings. The summed E-state index contributed by atoms with van der Waals surface area (Å²) in [5, 5.41) is 0. The van der Waals surface area contributed by atoms with Gasteiger partial charge in [-0.15, -0.1) is 0 Å². The summed E-state index contributed by atoms with van der Waals surface area (Å²) in [7, 11) is 1.63. The molecule has 0 saturated heterocycles. The summed E-state index contributed by atoms with van der Waals surface area (Å²) >= 11 is 0. The minimum Gasteiger partial charge on any atom is -0.493 e. The van der Waals surface area contributed by atoms with Gasteiger partial charge in [-0.2, -0.15) is 0 Å². The van der Waals surface area contributed by atoms with Crippen LogP contribution in [0.3, 0.4) is 0 Å². The van der Waals surface area contributed by atoms with Gasteiger partial charge in [0, 0.05) is 0 Å². The number of rotatable bonds is 5. The predicted octanol–water partition coefficient (Wildman–Crippen LogP) is 2.99. The summed E-state index contributed by atoms with van der Waals surface area (Å²) in [6.45, 7) is 0.637. The van der Waals surface area contributed by atoms with Crippen LogP contribution in [-0.2, 0) is 6.42 Å².